The van der Waals surface area contributed by atoms with Crippen molar-refractivity contribution in [1.29, 1.82) is 0 Å². The van der Waals surface area contributed by atoms with Gasteiger partial charge in [-0.05, 0) is 37.7 Å². The van der Waals surface area contributed by atoms with E-state index in [1.807, 2.05) is 11.8 Å². The zero-order valence-electron chi connectivity index (χ0n) is 21.8. The van der Waals surface area contributed by atoms with Crippen molar-refractivity contribution < 1.29 is 32.3 Å². The van der Waals surface area contributed by atoms with Gasteiger partial charge in [0.1, 0.15) is 6.61 Å². The van der Waals surface area contributed by atoms with Crippen LogP contribution in [-0.4, -0.2) is 73.5 Å². The highest BCUT2D eigenvalue weighted by atomic mass is 32.2. The molecule has 0 bridgehead atoms. The van der Waals surface area contributed by atoms with Gasteiger partial charge in [0.2, 0.25) is 0 Å². The molecule has 1 N–H and O–H groups in total. The fraction of sp³-hybridized carbons (Fsp3) is 0.833. The van der Waals surface area contributed by atoms with Gasteiger partial charge in [-0.2, -0.15) is 11.8 Å². The molecule has 200 valence electrons. The van der Waals surface area contributed by atoms with Gasteiger partial charge in [0.25, 0.3) is 0 Å². The summed E-state index contributed by atoms with van der Waals surface area (Å²) in [5.41, 5.74) is 0.339. The summed E-state index contributed by atoms with van der Waals surface area (Å²) in [4.78, 5) is 22.7. The highest BCUT2D eigenvalue weighted by Crippen LogP contribution is 2.18. The van der Waals surface area contributed by atoms with Crippen molar-refractivity contribution in [3.8, 4) is 0 Å². The first-order valence-electron chi connectivity index (χ1n) is 12.4. The molecular formula is C24H47NO7SSi. The summed E-state index contributed by atoms with van der Waals surface area (Å²) in [6.45, 7) is 5.83. The zero-order valence-corrected chi connectivity index (χ0v) is 23.6. The van der Waals surface area contributed by atoms with Gasteiger partial charge >= 0.3 is 20.9 Å². The number of esters is 1. The minimum absolute atomic E-state index is 0.111. The SMILES string of the molecule is C=C(C)C(=O)OCCNC(=O)OCCCCCCCCCCCSCCC[Si](OC)(OC)OC. The standard InChI is InChI=1S/C24H47NO7SSi/c1-22(2)23(26)31-18-16-25-24(27)32-17-13-11-9-7-6-8-10-12-14-19-33-20-15-21-34(28-3,29-4)30-5/h1,6-21H2,2-5H3,(H,25,27). The highest BCUT2D eigenvalue weighted by Gasteiger charge is 2.36. The summed E-state index contributed by atoms with van der Waals surface area (Å²) in [6.07, 6.45) is 11.4. The first kappa shape index (κ1) is 32.9. The predicted molar refractivity (Wildman–Crippen MR) is 140 cm³/mol. The van der Waals surface area contributed by atoms with Crippen LogP contribution in [-0.2, 0) is 27.5 Å². The molecule has 0 aromatic heterocycles. The molecule has 0 rings (SSSR count). The van der Waals surface area contributed by atoms with Crippen LogP contribution in [0.1, 0.15) is 71.1 Å². The highest BCUT2D eigenvalue weighted by molar-refractivity contribution is 7.99. The van der Waals surface area contributed by atoms with Gasteiger partial charge in [-0.3, -0.25) is 0 Å². The molecule has 0 saturated heterocycles. The molecule has 0 aromatic carbocycles. The molecule has 0 radical (unpaired) electrons. The van der Waals surface area contributed by atoms with Crippen LogP contribution in [0.4, 0.5) is 4.79 Å². The van der Waals surface area contributed by atoms with Crippen LogP contribution in [0.5, 0.6) is 0 Å². The lowest BCUT2D eigenvalue weighted by atomic mass is 10.1. The van der Waals surface area contributed by atoms with Crippen LogP contribution in [0.3, 0.4) is 0 Å². The van der Waals surface area contributed by atoms with Crippen LogP contribution in [0, 0.1) is 0 Å². The normalized spacial score (nSPS) is 11.3. The summed E-state index contributed by atoms with van der Waals surface area (Å²) in [6, 6.07) is 0.873. The van der Waals surface area contributed by atoms with Crippen molar-refractivity contribution in [3.63, 3.8) is 0 Å². The lowest BCUT2D eigenvalue weighted by Gasteiger charge is -2.24. The third-order valence-electron chi connectivity index (χ3n) is 5.32. The Hall–Kier alpha value is -1.07. The number of hydrogen-bond donors (Lipinski definition) is 1. The Kier molecular flexibility index (Phi) is 21.7. The summed E-state index contributed by atoms with van der Waals surface area (Å²) in [7, 11) is 2.61. The molecule has 0 spiro atoms. The third-order valence-corrected chi connectivity index (χ3v) is 9.31. The van der Waals surface area contributed by atoms with Crippen molar-refractivity contribution in [2.45, 2.75) is 77.2 Å². The summed E-state index contributed by atoms with van der Waals surface area (Å²) >= 11 is 2.01. The maximum Gasteiger partial charge on any atom is 0.500 e. The molecule has 0 saturated carbocycles. The van der Waals surface area contributed by atoms with E-state index in [1.54, 1.807) is 28.3 Å². The Bertz CT molecular complexity index is 539. The lowest BCUT2D eigenvalue weighted by molar-refractivity contribution is -0.138. The van der Waals surface area contributed by atoms with E-state index in [4.69, 9.17) is 22.8 Å². The Morgan fingerprint density at radius 2 is 1.29 bits per heavy atom. The number of nitrogens with one attached hydrogen (secondary N) is 1. The second kappa shape index (κ2) is 22.4. The molecule has 34 heavy (non-hydrogen) atoms. The molecular weight excluding hydrogens is 474 g/mol. The number of carbonyl (C=O) groups excluding carboxylic acids is 2. The number of unbranched alkanes of at least 4 members (excludes halogenated alkanes) is 8. The number of rotatable bonds is 23. The molecule has 0 aliphatic carbocycles. The average molecular weight is 522 g/mol. The molecule has 8 nitrogen and oxygen atoms in total. The smallest absolute Gasteiger partial charge is 0.460 e. The van der Waals surface area contributed by atoms with Crippen LogP contribution in [0.15, 0.2) is 12.2 Å². The van der Waals surface area contributed by atoms with Crippen LogP contribution >= 0.6 is 11.8 Å². The molecule has 0 fully saturated rings. The summed E-state index contributed by atoms with van der Waals surface area (Å²) in [5.74, 6) is 1.89. The first-order chi connectivity index (χ1) is 16.4. The molecule has 0 aromatic rings. The predicted octanol–water partition coefficient (Wildman–Crippen LogP) is 5.34. The quantitative estimate of drug-likeness (QED) is 0.0833. The number of carbonyl (C=O) groups is 2. The van der Waals surface area contributed by atoms with Gasteiger partial charge in [0, 0.05) is 32.9 Å². The van der Waals surface area contributed by atoms with E-state index < -0.39 is 20.9 Å². The van der Waals surface area contributed by atoms with Gasteiger partial charge in [-0.1, -0.05) is 51.5 Å². The van der Waals surface area contributed by atoms with Gasteiger partial charge in [0.15, 0.2) is 0 Å². The van der Waals surface area contributed by atoms with E-state index in [2.05, 4.69) is 11.9 Å². The maximum atomic E-state index is 11.5. The first-order valence-corrected chi connectivity index (χ1v) is 15.5. The van der Waals surface area contributed by atoms with E-state index in [0.29, 0.717) is 12.2 Å². The molecule has 0 atom stereocenters. The minimum atomic E-state index is -2.39. The van der Waals surface area contributed by atoms with E-state index >= 15 is 0 Å². The second-order valence-electron chi connectivity index (χ2n) is 8.17. The summed E-state index contributed by atoms with van der Waals surface area (Å²) in [5, 5.41) is 2.56. The fourth-order valence-corrected chi connectivity index (χ4v) is 6.17. The molecule has 0 heterocycles. The molecule has 0 aliphatic rings. The van der Waals surface area contributed by atoms with Gasteiger partial charge in [0.05, 0.1) is 13.2 Å². The lowest BCUT2D eigenvalue weighted by Crippen LogP contribution is -2.42. The second-order valence-corrected chi connectivity index (χ2v) is 12.5. The molecule has 0 aliphatic heterocycles. The Labute approximate surface area is 212 Å². The maximum absolute atomic E-state index is 11.5. The van der Waals surface area contributed by atoms with E-state index in [1.165, 1.54) is 50.7 Å². The largest absolute Gasteiger partial charge is 0.500 e. The van der Waals surface area contributed by atoms with Crippen molar-refractivity contribution in [3.05, 3.63) is 12.2 Å². The van der Waals surface area contributed by atoms with Crippen molar-refractivity contribution >= 4 is 32.6 Å². The van der Waals surface area contributed by atoms with Crippen LogP contribution < -0.4 is 5.32 Å². The van der Waals surface area contributed by atoms with E-state index in [-0.39, 0.29) is 13.2 Å². The number of thioether (sulfide) groups is 1. The number of alkyl carbamates (subject to hydrolysis) is 1. The molecule has 0 unspecified atom stereocenters. The minimum Gasteiger partial charge on any atom is -0.460 e. The Morgan fingerprint density at radius 1 is 0.765 bits per heavy atom. The molecule has 10 heteroatoms. The van der Waals surface area contributed by atoms with Crippen LogP contribution in [0.25, 0.3) is 0 Å². The Balaban J connectivity index is 3.33. The average Bonchev–Trinajstić information content (AvgIpc) is 2.84. The fourth-order valence-electron chi connectivity index (χ4n) is 3.23. The summed E-state index contributed by atoms with van der Waals surface area (Å²) < 4.78 is 26.3. The van der Waals surface area contributed by atoms with E-state index in [0.717, 1.165) is 31.1 Å². The van der Waals surface area contributed by atoms with Gasteiger partial charge in [-0.15, -0.1) is 0 Å². The zero-order chi connectivity index (χ0) is 25.5. The molecule has 1 amide bonds. The monoisotopic (exact) mass is 521 g/mol. The van der Waals surface area contributed by atoms with Crippen LogP contribution in [0.2, 0.25) is 6.04 Å². The third kappa shape index (κ3) is 18.3. The number of hydrogen-bond acceptors (Lipinski definition) is 8. The van der Waals surface area contributed by atoms with Gasteiger partial charge < -0.3 is 28.1 Å². The topological polar surface area (TPSA) is 92.3 Å². The number of ether oxygens (including phenoxy) is 2. The Morgan fingerprint density at radius 3 is 1.85 bits per heavy atom. The van der Waals surface area contributed by atoms with Gasteiger partial charge in [-0.25, -0.2) is 9.59 Å². The number of amides is 1. The van der Waals surface area contributed by atoms with E-state index in [9.17, 15) is 9.59 Å². The van der Waals surface area contributed by atoms with Crippen molar-refractivity contribution in [2.24, 2.45) is 0 Å². The van der Waals surface area contributed by atoms with Crippen molar-refractivity contribution in [1.82, 2.24) is 5.32 Å². The van der Waals surface area contributed by atoms with Crippen molar-refractivity contribution in [2.75, 3.05) is 52.6 Å².